The quantitative estimate of drug-likeness (QED) is 0.421. The van der Waals surface area contributed by atoms with Crippen molar-refractivity contribution in [3.05, 3.63) is 5.57 Å². The molecule has 0 aliphatic carbocycles. The smallest absolute Gasteiger partial charge is 0.139 e. The highest BCUT2D eigenvalue weighted by Gasteiger charge is 1.92. The number of allylic oxidation sites excluding steroid dienone is 1. The predicted molar refractivity (Wildman–Crippen MR) is 34.3 cm³/mol. The minimum Gasteiger partial charge on any atom is -0.232 e. The highest BCUT2D eigenvalue weighted by molar-refractivity contribution is 5.58. The topological polar surface area (TPSA) is 40.9 Å². The Balaban J connectivity index is 3.63. The number of hydrogen-bond acceptors (Lipinski definition) is 2. The number of unbranched alkanes of at least 4 members (excludes halogenated alkanes) is 1. The summed E-state index contributed by atoms with van der Waals surface area (Å²) in [5.41, 5.74) is 0.233. The van der Waals surface area contributed by atoms with Gasteiger partial charge in [0.2, 0.25) is 0 Å². The van der Waals surface area contributed by atoms with Crippen LogP contribution in [0.5, 0.6) is 0 Å². The molecule has 0 saturated carbocycles. The average molecular weight is 123 g/mol. The van der Waals surface area contributed by atoms with Gasteiger partial charge >= 0.3 is 0 Å². The first-order valence-corrected chi connectivity index (χ1v) is 2.99. The number of hydrogen-bond donors (Lipinski definition) is 0. The molecule has 0 N–H and O–H groups in total. The highest BCUT2D eigenvalue weighted by Crippen LogP contribution is 2.01. The maximum absolute atomic E-state index is 9.86. The first kappa shape index (κ1) is 7.94. The molecule has 0 fully saturated rings. The van der Waals surface area contributed by atoms with Crippen molar-refractivity contribution >= 4 is 5.94 Å². The van der Waals surface area contributed by atoms with Crippen molar-refractivity contribution < 1.29 is 4.79 Å². The molecule has 2 nitrogen and oxygen atoms in total. The second-order valence-corrected chi connectivity index (χ2v) is 1.80. The van der Waals surface area contributed by atoms with Crippen LogP contribution < -0.4 is 0 Å². The number of nitriles is 1. The molecule has 0 aliphatic heterocycles. The second kappa shape index (κ2) is 5.08. The van der Waals surface area contributed by atoms with E-state index in [1.807, 2.05) is 6.92 Å². The van der Waals surface area contributed by atoms with Gasteiger partial charge in [0, 0.05) is 0 Å². The molecule has 48 valence electrons. The largest absolute Gasteiger partial charge is 0.232 e. The summed E-state index contributed by atoms with van der Waals surface area (Å²) in [5, 5.41) is 8.20. The lowest BCUT2D eigenvalue weighted by Crippen LogP contribution is -1.78. The van der Waals surface area contributed by atoms with E-state index in [4.69, 9.17) is 5.26 Å². The van der Waals surface area contributed by atoms with Crippen molar-refractivity contribution in [2.24, 2.45) is 0 Å². The third-order valence-electron chi connectivity index (χ3n) is 1.04. The average Bonchev–Trinajstić information content (AvgIpc) is 1.91. The Hall–Kier alpha value is -1.06. The summed E-state index contributed by atoms with van der Waals surface area (Å²) in [6, 6.07) is 1.78. The van der Waals surface area contributed by atoms with Crippen molar-refractivity contribution in [1.82, 2.24) is 0 Å². The molecule has 0 aliphatic rings. The summed E-state index contributed by atoms with van der Waals surface area (Å²) in [4.78, 5) is 9.86. The zero-order chi connectivity index (χ0) is 7.11. The SMILES string of the molecule is CCCCC(=C=O)C#N. The van der Waals surface area contributed by atoms with E-state index in [0.29, 0.717) is 6.42 Å². The zero-order valence-corrected chi connectivity index (χ0v) is 5.48. The Morgan fingerprint density at radius 1 is 1.67 bits per heavy atom. The molecule has 0 heterocycles. The molecule has 0 radical (unpaired) electrons. The molecule has 0 aromatic carbocycles. The van der Waals surface area contributed by atoms with E-state index >= 15 is 0 Å². The molecular weight excluding hydrogens is 114 g/mol. The van der Waals surface area contributed by atoms with Crippen LogP contribution in [0.1, 0.15) is 26.2 Å². The van der Waals surface area contributed by atoms with E-state index in [1.54, 1.807) is 12.0 Å². The Morgan fingerprint density at radius 3 is 2.67 bits per heavy atom. The van der Waals surface area contributed by atoms with Crippen molar-refractivity contribution in [1.29, 1.82) is 5.26 Å². The zero-order valence-electron chi connectivity index (χ0n) is 5.48. The summed E-state index contributed by atoms with van der Waals surface area (Å²) < 4.78 is 0. The van der Waals surface area contributed by atoms with Gasteiger partial charge < -0.3 is 0 Å². The summed E-state index contributed by atoms with van der Waals surface area (Å²) in [6.45, 7) is 2.01. The van der Waals surface area contributed by atoms with E-state index in [2.05, 4.69) is 0 Å². The molecule has 0 amide bonds. The van der Waals surface area contributed by atoms with Crippen molar-refractivity contribution in [3.63, 3.8) is 0 Å². The van der Waals surface area contributed by atoms with Crippen LogP contribution in [0.4, 0.5) is 0 Å². The van der Waals surface area contributed by atoms with Crippen molar-refractivity contribution in [3.8, 4) is 6.07 Å². The fourth-order valence-electron chi connectivity index (χ4n) is 0.483. The number of nitrogens with zero attached hydrogens (tertiary/aromatic N) is 1. The molecule has 0 rings (SSSR count). The first-order valence-electron chi connectivity index (χ1n) is 2.99. The summed E-state index contributed by atoms with van der Waals surface area (Å²) >= 11 is 0. The molecular formula is C7H9NO. The lowest BCUT2D eigenvalue weighted by molar-refractivity contribution is 0.566. The van der Waals surface area contributed by atoms with E-state index in [9.17, 15) is 4.79 Å². The third-order valence-corrected chi connectivity index (χ3v) is 1.04. The van der Waals surface area contributed by atoms with Crippen LogP contribution >= 0.6 is 0 Å². The molecule has 0 unspecified atom stereocenters. The van der Waals surface area contributed by atoms with E-state index in [0.717, 1.165) is 12.8 Å². The Kier molecular flexibility index (Phi) is 4.49. The van der Waals surface area contributed by atoms with Gasteiger partial charge in [0.1, 0.15) is 17.6 Å². The van der Waals surface area contributed by atoms with Gasteiger partial charge in [-0.25, -0.2) is 4.79 Å². The monoisotopic (exact) mass is 123 g/mol. The van der Waals surface area contributed by atoms with Crippen LogP contribution in [0.3, 0.4) is 0 Å². The fraction of sp³-hybridized carbons (Fsp3) is 0.571. The van der Waals surface area contributed by atoms with Gasteiger partial charge in [-0.15, -0.1) is 0 Å². The van der Waals surface area contributed by atoms with Crippen LogP contribution in [0.15, 0.2) is 5.57 Å². The number of rotatable bonds is 3. The van der Waals surface area contributed by atoms with Crippen LogP contribution in [-0.2, 0) is 4.79 Å². The Labute approximate surface area is 54.8 Å². The van der Waals surface area contributed by atoms with Gasteiger partial charge in [0.15, 0.2) is 0 Å². The van der Waals surface area contributed by atoms with Crippen LogP contribution in [0, 0.1) is 11.3 Å². The van der Waals surface area contributed by atoms with Crippen LogP contribution in [0.25, 0.3) is 0 Å². The number of carbonyl (C=O) groups excluding carboxylic acids is 1. The first-order chi connectivity index (χ1) is 4.35. The van der Waals surface area contributed by atoms with E-state index < -0.39 is 0 Å². The van der Waals surface area contributed by atoms with Gasteiger partial charge in [-0.2, -0.15) is 5.26 Å². The Bertz CT molecular complexity index is 160. The maximum atomic E-state index is 9.86. The van der Waals surface area contributed by atoms with Gasteiger partial charge in [-0.3, -0.25) is 0 Å². The normalized spacial score (nSPS) is 7.56. The minimum atomic E-state index is 0.233. The predicted octanol–water partition coefficient (Wildman–Crippen LogP) is 1.46. The molecule has 0 saturated heterocycles. The molecule has 0 spiro atoms. The summed E-state index contributed by atoms with van der Waals surface area (Å²) in [6.07, 6.45) is 2.49. The van der Waals surface area contributed by atoms with Gasteiger partial charge in [-0.05, 0) is 12.8 Å². The summed E-state index contributed by atoms with van der Waals surface area (Å²) in [5.74, 6) is 1.59. The molecule has 9 heavy (non-hydrogen) atoms. The molecule has 0 aromatic heterocycles. The van der Waals surface area contributed by atoms with Crippen molar-refractivity contribution in [2.45, 2.75) is 26.2 Å². The third kappa shape index (κ3) is 3.52. The van der Waals surface area contributed by atoms with Crippen molar-refractivity contribution in [2.75, 3.05) is 0 Å². The minimum absolute atomic E-state index is 0.233. The highest BCUT2D eigenvalue weighted by atomic mass is 16.1. The lowest BCUT2D eigenvalue weighted by Gasteiger charge is -1.87. The maximum Gasteiger partial charge on any atom is 0.139 e. The summed E-state index contributed by atoms with van der Waals surface area (Å²) in [7, 11) is 0. The van der Waals surface area contributed by atoms with Gasteiger partial charge in [0.05, 0.1) is 0 Å². The standard InChI is InChI=1S/C7H9NO/c1-2-3-4-7(5-8)6-9/h2-4H2,1H3. The van der Waals surface area contributed by atoms with E-state index in [-0.39, 0.29) is 5.57 Å². The Morgan fingerprint density at radius 2 is 2.33 bits per heavy atom. The molecule has 0 bridgehead atoms. The molecule has 0 atom stereocenters. The van der Waals surface area contributed by atoms with Gasteiger partial charge in [-0.1, -0.05) is 13.3 Å². The van der Waals surface area contributed by atoms with E-state index in [1.165, 1.54) is 0 Å². The fourth-order valence-corrected chi connectivity index (χ4v) is 0.483. The van der Waals surface area contributed by atoms with Crippen LogP contribution in [-0.4, -0.2) is 5.94 Å². The van der Waals surface area contributed by atoms with Gasteiger partial charge in [0.25, 0.3) is 0 Å². The van der Waals surface area contributed by atoms with Crippen LogP contribution in [0.2, 0.25) is 0 Å². The lowest BCUT2D eigenvalue weighted by atomic mass is 10.1. The molecule has 0 aromatic rings. The second-order valence-electron chi connectivity index (χ2n) is 1.80. The molecule has 2 heteroatoms.